The molecular weight excluding hydrogens is 274 g/mol. The topological polar surface area (TPSA) is 65.7 Å². The van der Waals surface area contributed by atoms with Crippen molar-refractivity contribution < 1.29 is 0 Å². The minimum absolute atomic E-state index is 0.379. The Morgan fingerprint density at radius 3 is 2.75 bits per heavy atom. The third kappa shape index (κ3) is 4.57. The zero-order valence-corrected chi connectivity index (χ0v) is 11.7. The molecule has 0 fully saturated rings. The van der Waals surface area contributed by atoms with Crippen molar-refractivity contribution in [2.75, 3.05) is 6.54 Å². The van der Waals surface area contributed by atoms with Crippen molar-refractivity contribution >= 4 is 11.6 Å². The Balaban J connectivity index is 2.03. The average Bonchev–Trinajstić information content (AvgIpc) is 2.48. The molecule has 6 heteroatoms. The Bertz CT molecular complexity index is 564. The van der Waals surface area contributed by atoms with Gasteiger partial charge in [-0.3, -0.25) is 9.88 Å². The first-order chi connectivity index (χ1) is 9.78. The summed E-state index contributed by atoms with van der Waals surface area (Å²) in [6.45, 7) is 2.02. The minimum Gasteiger partial charge on any atom is -0.292 e. The fourth-order valence-corrected chi connectivity index (χ4v) is 1.93. The van der Waals surface area contributed by atoms with Crippen LogP contribution in [0, 0.1) is 11.3 Å². The molecule has 2 rings (SSSR count). The van der Waals surface area contributed by atoms with Crippen LogP contribution in [0.2, 0.25) is 5.15 Å². The molecule has 0 saturated heterocycles. The third-order valence-corrected chi connectivity index (χ3v) is 2.94. The molecule has 2 aromatic heterocycles. The lowest BCUT2D eigenvalue weighted by molar-refractivity contribution is 0.258. The summed E-state index contributed by atoms with van der Waals surface area (Å²) in [5, 5.41) is 17.0. The fourth-order valence-electron chi connectivity index (χ4n) is 1.83. The maximum atomic E-state index is 8.75. The molecule has 0 spiro atoms. The molecule has 102 valence electrons. The van der Waals surface area contributed by atoms with E-state index < -0.39 is 0 Å². The van der Waals surface area contributed by atoms with Crippen LogP contribution in [0.5, 0.6) is 0 Å². The highest BCUT2D eigenvalue weighted by Crippen LogP contribution is 2.09. The summed E-state index contributed by atoms with van der Waals surface area (Å²) in [7, 11) is 0. The molecule has 0 saturated carbocycles. The number of nitriles is 1. The Morgan fingerprint density at radius 2 is 2.10 bits per heavy atom. The molecule has 0 bridgehead atoms. The highest BCUT2D eigenvalue weighted by atomic mass is 35.5. The van der Waals surface area contributed by atoms with E-state index in [-0.39, 0.29) is 0 Å². The molecule has 0 radical (unpaired) electrons. The van der Waals surface area contributed by atoms with Gasteiger partial charge in [-0.2, -0.15) is 10.4 Å². The van der Waals surface area contributed by atoms with Crippen LogP contribution in [0.15, 0.2) is 36.7 Å². The second kappa shape index (κ2) is 7.53. The number of halogens is 1. The maximum absolute atomic E-state index is 8.75. The second-order valence-electron chi connectivity index (χ2n) is 4.33. The van der Waals surface area contributed by atoms with Gasteiger partial charge in [-0.25, -0.2) is 0 Å². The Hall–Kier alpha value is -2.03. The van der Waals surface area contributed by atoms with Crippen molar-refractivity contribution in [3.05, 3.63) is 53.1 Å². The van der Waals surface area contributed by atoms with E-state index in [1.807, 2.05) is 24.4 Å². The molecule has 0 aliphatic rings. The first-order valence-corrected chi connectivity index (χ1v) is 6.62. The minimum atomic E-state index is 0.379. The first-order valence-electron chi connectivity index (χ1n) is 6.24. The van der Waals surface area contributed by atoms with Gasteiger partial charge in [-0.05, 0) is 23.8 Å². The second-order valence-corrected chi connectivity index (χ2v) is 4.71. The number of hydrogen-bond acceptors (Lipinski definition) is 5. The van der Waals surface area contributed by atoms with Gasteiger partial charge in [0.2, 0.25) is 0 Å². The van der Waals surface area contributed by atoms with E-state index in [1.54, 1.807) is 12.3 Å². The normalized spacial score (nSPS) is 10.4. The van der Waals surface area contributed by atoms with E-state index in [2.05, 4.69) is 26.2 Å². The van der Waals surface area contributed by atoms with Gasteiger partial charge in [-0.1, -0.05) is 17.7 Å². The lowest BCUT2D eigenvalue weighted by atomic mass is 10.2. The summed E-state index contributed by atoms with van der Waals surface area (Å²) in [6, 6.07) is 9.64. The molecule has 0 N–H and O–H groups in total. The molecule has 0 unspecified atom stereocenters. The summed E-state index contributed by atoms with van der Waals surface area (Å²) in [6.07, 6.45) is 4.04. The lowest BCUT2D eigenvalue weighted by Crippen LogP contribution is -2.24. The summed E-state index contributed by atoms with van der Waals surface area (Å²) in [4.78, 5) is 6.24. The summed E-state index contributed by atoms with van der Waals surface area (Å²) in [5.74, 6) is 0. The van der Waals surface area contributed by atoms with Crippen LogP contribution in [0.4, 0.5) is 0 Å². The quantitative estimate of drug-likeness (QED) is 0.816. The van der Waals surface area contributed by atoms with Gasteiger partial charge in [-0.15, -0.1) is 5.10 Å². The molecule has 0 aromatic carbocycles. The van der Waals surface area contributed by atoms with Crippen molar-refractivity contribution in [3.8, 4) is 6.07 Å². The van der Waals surface area contributed by atoms with Gasteiger partial charge in [0.25, 0.3) is 0 Å². The van der Waals surface area contributed by atoms with Crippen LogP contribution in [0.3, 0.4) is 0 Å². The van der Waals surface area contributed by atoms with Crippen LogP contribution >= 0.6 is 11.6 Å². The van der Waals surface area contributed by atoms with Crippen molar-refractivity contribution in [2.24, 2.45) is 0 Å². The van der Waals surface area contributed by atoms with E-state index in [1.165, 1.54) is 0 Å². The summed E-state index contributed by atoms with van der Waals surface area (Å²) in [5.41, 5.74) is 1.93. The molecule has 2 heterocycles. The molecule has 5 nitrogen and oxygen atoms in total. The van der Waals surface area contributed by atoms with Gasteiger partial charge in [0.05, 0.1) is 11.8 Å². The molecule has 0 aliphatic carbocycles. The van der Waals surface area contributed by atoms with E-state index >= 15 is 0 Å². The van der Waals surface area contributed by atoms with Gasteiger partial charge < -0.3 is 0 Å². The van der Waals surface area contributed by atoms with Crippen LogP contribution in [0.1, 0.15) is 17.7 Å². The predicted molar refractivity (Wildman–Crippen MR) is 75.6 cm³/mol. The first kappa shape index (κ1) is 14.4. The smallest absolute Gasteiger partial charge is 0.151 e. The molecule has 0 atom stereocenters. The van der Waals surface area contributed by atoms with Gasteiger partial charge in [0.15, 0.2) is 5.15 Å². The van der Waals surface area contributed by atoms with Crippen molar-refractivity contribution in [1.29, 1.82) is 5.26 Å². The molecule has 20 heavy (non-hydrogen) atoms. The third-order valence-electron chi connectivity index (χ3n) is 2.74. The van der Waals surface area contributed by atoms with Crippen molar-refractivity contribution in [1.82, 2.24) is 20.1 Å². The number of rotatable bonds is 6. The van der Waals surface area contributed by atoms with Crippen LogP contribution in [-0.4, -0.2) is 26.6 Å². The molecule has 0 amide bonds. The van der Waals surface area contributed by atoms with Crippen molar-refractivity contribution in [3.63, 3.8) is 0 Å². The predicted octanol–water partition coefficient (Wildman–Crippen LogP) is 2.44. The van der Waals surface area contributed by atoms with Gasteiger partial charge in [0, 0.05) is 38.4 Å². The Labute approximate surface area is 122 Å². The maximum Gasteiger partial charge on any atom is 0.151 e. The van der Waals surface area contributed by atoms with Crippen LogP contribution in [-0.2, 0) is 13.1 Å². The number of aromatic nitrogens is 3. The van der Waals surface area contributed by atoms with Crippen LogP contribution < -0.4 is 0 Å². The SMILES string of the molecule is N#CCCN(Cc1cccnc1)Cc1ccc(Cl)nn1. The Kier molecular flexibility index (Phi) is 5.42. The standard InChI is InChI=1S/C14H14ClN5/c15-14-5-4-13(18-19-14)11-20(8-2-6-16)10-12-3-1-7-17-9-12/h1,3-5,7,9H,2,8,10-11H2. The van der Waals surface area contributed by atoms with E-state index in [9.17, 15) is 0 Å². The van der Waals surface area contributed by atoms with Crippen LogP contribution in [0.25, 0.3) is 0 Å². The number of hydrogen-bond donors (Lipinski definition) is 0. The zero-order chi connectivity index (χ0) is 14.2. The molecule has 0 aliphatic heterocycles. The lowest BCUT2D eigenvalue weighted by Gasteiger charge is -2.20. The highest BCUT2D eigenvalue weighted by molar-refractivity contribution is 6.29. The Morgan fingerprint density at radius 1 is 1.20 bits per heavy atom. The summed E-state index contributed by atoms with van der Waals surface area (Å²) < 4.78 is 0. The molecular formula is C14H14ClN5. The highest BCUT2D eigenvalue weighted by Gasteiger charge is 2.08. The fraction of sp³-hybridized carbons (Fsp3) is 0.286. The van der Waals surface area contributed by atoms with Gasteiger partial charge >= 0.3 is 0 Å². The molecule has 2 aromatic rings. The average molecular weight is 288 g/mol. The van der Waals surface area contributed by atoms with E-state index in [4.69, 9.17) is 16.9 Å². The zero-order valence-electron chi connectivity index (χ0n) is 10.9. The van der Waals surface area contributed by atoms with Crippen molar-refractivity contribution in [2.45, 2.75) is 19.5 Å². The largest absolute Gasteiger partial charge is 0.292 e. The van der Waals surface area contributed by atoms with E-state index in [0.717, 1.165) is 17.8 Å². The van der Waals surface area contributed by atoms with E-state index in [0.29, 0.717) is 24.7 Å². The van der Waals surface area contributed by atoms with Gasteiger partial charge in [0.1, 0.15) is 0 Å². The monoisotopic (exact) mass is 287 g/mol. The number of nitrogens with zero attached hydrogens (tertiary/aromatic N) is 5. The summed E-state index contributed by atoms with van der Waals surface area (Å²) >= 11 is 5.72. The number of pyridine rings is 1.